The van der Waals surface area contributed by atoms with Crippen LogP contribution in [-0.2, 0) is 26.2 Å². The minimum Gasteiger partial charge on any atom is -0.354 e. The number of para-hydroxylation sites is 1. The van der Waals surface area contributed by atoms with Gasteiger partial charge in [0.25, 0.3) is 10.0 Å². The van der Waals surface area contributed by atoms with E-state index < -0.39 is 28.5 Å². The summed E-state index contributed by atoms with van der Waals surface area (Å²) in [4.78, 5) is 28.3. The average Bonchev–Trinajstić information content (AvgIpc) is 2.90. The number of carbonyl (C=O) groups excluding carboxylic acids is 2. The normalized spacial score (nSPS) is 12.0. The summed E-state index contributed by atoms with van der Waals surface area (Å²) in [6.45, 7) is 5.47. The van der Waals surface area contributed by atoms with Crippen molar-refractivity contribution >= 4 is 50.7 Å². The van der Waals surface area contributed by atoms with Gasteiger partial charge in [-0.1, -0.05) is 78.5 Å². The van der Waals surface area contributed by atoms with Crippen molar-refractivity contribution in [2.75, 3.05) is 17.4 Å². The summed E-state index contributed by atoms with van der Waals surface area (Å²) in [5, 5.41) is 3.52. The number of nitrogens with zero attached hydrogens (tertiary/aromatic N) is 2. The number of amides is 2. The smallest absolute Gasteiger partial charge is 0.264 e. The SMILES string of the molecule is CCCCNC(=O)[C@@H](C)N(Cc1cccc(Cl)c1)C(=O)CN(c1ccccc1Cl)S(=O)(=O)c1ccc(C)cc1. The van der Waals surface area contributed by atoms with Gasteiger partial charge in [-0.15, -0.1) is 0 Å². The summed E-state index contributed by atoms with van der Waals surface area (Å²) in [5.74, 6) is -0.895. The molecule has 3 aromatic carbocycles. The highest BCUT2D eigenvalue weighted by atomic mass is 35.5. The molecule has 2 amide bonds. The number of anilines is 1. The number of halogens is 2. The second-order valence-electron chi connectivity index (χ2n) is 9.25. The Labute approximate surface area is 240 Å². The molecule has 10 heteroatoms. The van der Waals surface area contributed by atoms with Gasteiger partial charge in [0.05, 0.1) is 15.6 Å². The van der Waals surface area contributed by atoms with Gasteiger partial charge in [-0.05, 0) is 62.2 Å². The highest BCUT2D eigenvalue weighted by molar-refractivity contribution is 7.92. The molecule has 0 spiro atoms. The summed E-state index contributed by atoms with van der Waals surface area (Å²) in [5.41, 5.74) is 1.76. The van der Waals surface area contributed by atoms with E-state index in [1.807, 2.05) is 13.8 Å². The van der Waals surface area contributed by atoms with Gasteiger partial charge < -0.3 is 10.2 Å². The van der Waals surface area contributed by atoms with Crippen LogP contribution in [0.1, 0.15) is 37.8 Å². The zero-order chi connectivity index (χ0) is 28.6. The van der Waals surface area contributed by atoms with Gasteiger partial charge in [0.2, 0.25) is 11.8 Å². The lowest BCUT2D eigenvalue weighted by molar-refractivity contribution is -0.139. The Kier molecular flexibility index (Phi) is 10.8. The predicted molar refractivity (Wildman–Crippen MR) is 157 cm³/mol. The molecular formula is C29H33Cl2N3O4S. The molecule has 0 radical (unpaired) electrons. The number of nitrogens with one attached hydrogen (secondary N) is 1. The Morgan fingerprint density at radius 3 is 2.31 bits per heavy atom. The molecule has 0 saturated carbocycles. The van der Waals surface area contributed by atoms with Crippen LogP contribution in [0.4, 0.5) is 5.69 Å². The third kappa shape index (κ3) is 7.97. The molecule has 0 heterocycles. The summed E-state index contributed by atoms with van der Waals surface area (Å²) in [6.07, 6.45) is 1.71. The van der Waals surface area contributed by atoms with E-state index in [1.165, 1.54) is 17.0 Å². The van der Waals surface area contributed by atoms with Crippen LogP contribution in [-0.4, -0.2) is 44.3 Å². The molecule has 39 heavy (non-hydrogen) atoms. The fraction of sp³-hybridized carbons (Fsp3) is 0.310. The van der Waals surface area contributed by atoms with E-state index >= 15 is 0 Å². The maximum Gasteiger partial charge on any atom is 0.264 e. The van der Waals surface area contributed by atoms with Crippen LogP contribution in [0.3, 0.4) is 0 Å². The summed E-state index contributed by atoms with van der Waals surface area (Å²) in [7, 11) is -4.19. The van der Waals surface area contributed by atoms with E-state index in [4.69, 9.17) is 23.2 Å². The fourth-order valence-electron chi connectivity index (χ4n) is 3.96. The second-order valence-corrected chi connectivity index (χ2v) is 12.0. The molecule has 1 N–H and O–H groups in total. The van der Waals surface area contributed by atoms with Crippen LogP contribution in [0.5, 0.6) is 0 Å². The first-order valence-electron chi connectivity index (χ1n) is 12.7. The third-order valence-corrected chi connectivity index (χ3v) is 8.58. The molecule has 0 aliphatic heterocycles. The molecule has 7 nitrogen and oxygen atoms in total. The van der Waals surface area contributed by atoms with Gasteiger partial charge in [0.15, 0.2) is 0 Å². The van der Waals surface area contributed by atoms with E-state index in [0.29, 0.717) is 17.1 Å². The van der Waals surface area contributed by atoms with Crippen molar-refractivity contribution in [3.63, 3.8) is 0 Å². The topological polar surface area (TPSA) is 86.8 Å². The second kappa shape index (κ2) is 13.8. The maximum absolute atomic E-state index is 13.9. The van der Waals surface area contributed by atoms with E-state index in [1.54, 1.807) is 67.6 Å². The first-order valence-corrected chi connectivity index (χ1v) is 14.9. The van der Waals surface area contributed by atoms with Crippen LogP contribution in [0, 0.1) is 6.92 Å². The molecule has 0 aliphatic rings. The first kappa shape index (κ1) is 30.5. The molecule has 0 aliphatic carbocycles. The van der Waals surface area contributed by atoms with Crippen LogP contribution in [0.25, 0.3) is 0 Å². The molecular weight excluding hydrogens is 557 g/mol. The van der Waals surface area contributed by atoms with Crippen molar-refractivity contribution in [3.8, 4) is 0 Å². The highest BCUT2D eigenvalue weighted by Gasteiger charge is 2.33. The minimum absolute atomic E-state index is 0.0209. The Morgan fingerprint density at radius 2 is 1.67 bits per heavy atom. The maximum atomic E-state index is 13.9. The number of unbranched alkanes of at least 4 members (excludes halogenated alkanes) is 1. The van der Waals surface area contributed by atoms with Crippen molar-refractivity contribution < 1.29 is 18.0 Å². The number of carbonyl (C=O) groups is 2. The van der Waals surface area contributed by atoms with Crippen molar-refractivity contribution in [2.24, 2.45) is 0 Å². The predicted octanol–water partition coefficient (Wildman–Crippen LogP) is 5.83. The standard InChI is InChI=1S/C29H33Cl2N3O4S/c1-4-5-17-32-29(36)22(3)33(19-23-9-8-10-24(30)18-23)28(35)20-34(27-12-7-6-11-26(27)31)39(37,38)25-15-13-21(2)14-16-25/h6-16,18,22H,4-5,17,19-20H2,1-3H3,(H,32,36)/t22-/m1/s1. The van der Waals surface area contributed by atoms with Gasteiger partial charge in [-0.25, -0.2) is 8.42 Å². The van der Waals surface area contributed by atoms with Gasteiger partial charge in [0.1, 0.15) is 12.6 Å². The Morgan fingerprint density at radius 1 is 0.974 bits per heavy atom. The van der Waals surface area contributed by atoms with Crippen LogP contribution >= 0.6 is 23.2 Å². The van der Waals surface area contributed by atoms with E-state index in [0.717, 1.165) is 22.7 Å². The van der Waals surface area contributed by atoms with Crippen LogP contribution < -0.4 is 9.62 Å². The molecule has 3 rings (SSSR count). The zero-order valence-corrected chi connectivity index (χ0v) is 24.6. The monoisotopic (exact) mass is 589 g/mol. The highest BCUT2D eigenvalue weighted by Crippen LogP contribution is 2.31. The molecule has 208 valence electrons. The van der Waals surface area contributed by atoms with Crippen molar-refractivity contribution in [3.05, 3.63) is 94.0 Å². The zero-order valence-electron chi connectivity index (χ0n) is 22.2. The van der Waals surface area contributed by atoms with Gasteiger partial charge in [0, 0.05) is 18.1 Å². The number of rotatable bonds is 12. The lowest BCUT2D eigenvalue weighted by atomic mass is 10.1. The van der Waals surface area contributed by atoms with E-state index in [9.17, 15) is 18.0 Å². The molecule has 0 saturated heterocycles. The lowest BCUT2D eigenvalue weighted by Gasteiger charge is -2.32. The Bertz CT molecular complexity index is 1400. The fourth-order valence-corrected chi connectivity index (χ4v) is 5.89. The molecule has 0 unspecified atom stereocenters. The summed E-state index contributed by atoms with van der Waals surface area (Å²) in [6, 6.07) is 18.9. The first-order chi connectivity index (χ1) is 18.5. The van der Waals surface area contributed by atoms with Gasteiger partial charge in [-0.3, -0.25) is 13.9 Å². The van der Waals surface area contributed by atoms with E-state index in [2.05, 4.69) is 5.32 Å². The number of hydrogen-bond acceptors (Lipinski definition) is 4. The van der Waals surface area contributed by atoms with Gasteiger partial charge in [-0.2, -0.15) is 0 Å². The quantitative estimate of drug-likeness (QED) is 0.269. The Balaban J connectivity index is 2.01. The average molecular weight is 591 g/mol. The molecule has 0 bridgehead atoms. The number of sulfonamides is 1. The van der Waals surface area contributed by atoms with E-state index in [-0.39, 0.29) is 28.1 Å². The molecule has 3 aromatic rings. The number of aryl methyl sites for hydroxylation is 1. The van der Waals surface area contributed by atoms with Crippen molar-refractivity contribution in [2.45, 2.75) is 51.1 Å². The van der Waals surface area contributed by atoms with Crippen molar-refractivity contribution in [1.82, 2.24) is 10.2 Å². The van der Waals surface area contributed by atoms with Crippen LogP contribution in [0.15, 0.2) is 77.7 Å². The lowest BCUT2D eigenvalue weighted by Crippen LogP contribution is -2.51. The molecule has 0 aromatic heterocycles. The number of hydrogen-bond donors (Lipinski definition) is 1. The minimum atomic E-state index is -4.19. The van der Waals surface area contributed by atoms with Crippen LogP contribution in [0.2, 0.25) is 10.0 Å². The third-order valence-electron chi connectivity index (χ3n) is 6.25. The summed E-state index contributed by atoms with van der Waals surface area (Å²) >= 11 is 12.6. The molecule has 1 atom stereocenters. The van der Waals surface area contributed by atoms with Crippen molar-refractivity contribution in [1.29, 1.82) is 0 Å². The largest absolute Gasteiger partial charge is 0.354 e. The Hall–Kier alpha value is -3.07. The number of benzene rings is 3. The molecule has 0 fully saturated rings. The summed E-state index contributed by atoms with van der Waals surface area (Å²) < 4.78 is 28.7. The van der Waals surface area contributed by atoms with Gasteiger partial charge >= 0.3 is 0 Å².